The minimum atomic E-state index is -0.0815. The van der Waals surface area contributed by atoms with Crippen molar-refractivity contribution in [3.05, 3.63) is 106 Å². The molecule has 0 aliphatic heterocycles. The Morgan fingerprint density at radius 3 is 2.46 bits per heavy atom. The van der Waals surface area contributed by atoms with Crippen LogP contribution in [0.3, 0.4) is 0 Å². The van der Waals surface area contributed by atoms with Gasteiger partial charge in [0.15, 0.2) is 0 Å². The number of alkyl halides is 1. The third kappa shape index (κ3) is 3.41. The summed E-state index contributed by atoms with van der Waals surface area (Å²) in [5, 5.41) is 1.61. The summed E-state index contributed by atoms with van der Waals surface area (Å²) >= 11 is 6.22. The minimum Gasteiger partial charge on any atom is -0.487 e. The van der Waals surface area contributed by atoms with Crippen LogP contribution in [0.5, 0.6) is 5.75 Å². The van der Waals surface area contributed by atoms with E-state index in [-0.39, 0.29) is 11.4 Å². The number of hydrogen-bond donors (Lipinski definition) is 0. The van der Waals surface area contributed by atoms with Gasteiger partial charge in [-0.25, -0.2) is 0 Å². The van der Waals surface area contributed by atoms with Crippen molar-refractivity contribution in [1.29, 1.82) is 0 Å². The molecule has 4 aromatic rings. The Bertz CT molecular complexity index is 1180. The molecule has 3 aromatic carbocycles. The Morgan fingerprint density at radius 2 is 1.68 bits per heavy atom. The number of nitrogens with zero attached hydrogens (tertiary/aromatic N) is 1. The summed E-state index contributed by atoms with van der Waals surface area (Å²) in [6.45, 7) is 2.38. The molecule has 0 atom stereocenters. The summed E-state index contributed by atoms with van der Waals surface area (Å²) in [4.78, 5) is 13.4. The van der Waals surface area contributed by atoms with Crippen LogP contribution in [0.15, 0.2) is 83.7 Å². The monoisotopic (exact) mass is 389 g/mol. The van der Waals surface area contributed by atoms with Crippen LogP contribution < -0.4 is 10.3 Å². The number of fused-ring (bicyclic) bond motifs is 1. The standard InChI is InChI=1S/C24H20ClNO2/c1-17-8-7-11-19-14-20(15-25)26(24(27)23(17)19)21-12-5-6-13-22(21)28-16-18-9-3-2-4-10-18/h2-14H,15-16H2,1H3. The Morgan fingerprint density at radius 1 is 0.929 bits per heavy atom. The zero-order valence-electron chi connectivity index (χ0n) is 15.6. The van der Waals surface area contributed by atoms with Crippen molar-refractivity contribution in [2.24, 2.45) is 0 Å². The average Bonchev–Trinajstić information content (AvgIpc) is 2.73. The van der Waals surface area contributed by atoms with Crippen molar-refractivity contribution in [2.45, 2.75) is 19.4 Å². The zero-order chi connectivity index (χ0) is 19.5. The van der Waals surface area contributed by atoms with Crippen molar-refractivity contribution in [1.82, 2.24) is 4.57 Å². The minimum absolute atomic E-state index is 0.0815. The van der Waals surface area contributed by atoms with Crippen molar-refractivity contribution < 1.29 is 4.74 Å². The molecule has 0 N–H and O–H groups in total. The van der Waals surface area contributed by atoms with Gasteiger partial charge in [-0.05, 0) is 41.6 Å². The maximum Gasteiger partial charge on any atom is 0.263 e. The van der Waals surface area contributed by atoms with E-state index < -0.39 is 0 Å². The maximum atomic E-state index is 13.4. The highest BCUT2D eigenvalue weighted by atomic mass is 35.5. The summed E-state index contributed by atoms with van der Waals surface area (Å²) in [6, 6.07) is 25.4. The van der Waals surface area contributed by atoms with Gasteiger partial charge < -0.3 is 4.74 Å². The number of hydrogen-bond acceptors (Lipinski definition) is 2. The fraction of sp³-hybridized carbons (Fsp3) is 0.125. The second-order valence-electron chi connectivity index (χ2n) is 6.69. The lowest BCUT2D eigenvalue weighted by atomic mass is 10.1. The van der Waals surface area contributed by atoms with Crippen molar-refractivity contribution in [3.63, 3.8) is 0 Å². The summed E-state index contributed by atoms with van der Waals surface area (Å²) in [6.07, 6.45) is 0. The second kappa shape index (κ2) is 7.91. The quantitative estimate of drug-likeness (QED) is 0.415. The first-order valence-corrected chi connectivity index (χ1v) is 9.69. The van der Waals surface area contributed by atoms with E-state index >= 15 is 0 Å². The SMILES string of the molecule is Cc1cccc2cc(CCl)n(-c3ccccc3OCc3ccccc3)c(=O)c12. The predicted octanol–water partition coefficient (Wildman–Crippen LogP) is 5.62. The molecular formula is C24H20ClNO2. The number of para-hydroxylation sites is 2. The van der Waals surface area contributed by atoms with Crippen LogP contribution in [0.2, 0.25) is 0 Å². The van der Waals surface area contributed by atoms with Gasteiger partial charge in [0.05, 0.1) is 17.0 Å². The van der Waals surface area contributed by atoms with Gasteiger partial charge in [-0.2, -0.15) is 0 Å². The molecular weight excluding hydrogens is 370 g/mol. The lowest BCUT2D eigenvalue weighted by molar-refractivity contribution is 0.305. The molecule has 140 valence electrons. The molecule has 0 fully saturated rings. The Labute approximate surface area is 168 Å². The van der Waals surface area contributed by atoms with Gasteiger partial charge in [0.25, 0.3) is 5.56 Å². The van der Waals surface area contributed by atoms with Gasteiger partial charge in [-0.1, -0.05) is 60.7 Å². The van der Waals surface area contributed by atoms with Gasteiger partial charge in [0.2, 0.25) is 0 Å². The molecule has 0 saturated carbocycles. The molecule has 28 heavy (non-hydrogen) atoms. The van der Waals surface area contributed by atoms with E-state index in [0.717, 1.165) is 22.2 Å². The van der Waals surface area contributed by atoms with E-state index in [1.807, 2.05) is 85.8 Å². The molecule has 0 saturated heterocycles. The highest BCUT2D eigenvalue weighted by Crippen LogP contribution is 2.26. The average molecular weight is 390 g/mol. The molecule has 0 amide bonds. The number of pyridine rings is 1. The van der Waals surface area contributed by atoms with Crippen molar-refractivity contribution in [3.8, 4) is 11.4 Å². The van der Waals surface area contributed by atoms with Gasteiger partial charge in [-0.3, -0.25) is 9.36 Å². The maximum absolute atomic E-state index is 13.4. The number of halogens is 1. The van der Waals surface area contributed by atoms with E-state index in [1.54, 1.807) is 4.57 Å². The first kappa shape index (κ1) is 18.3. The van der Waals surface area contributed by atoms with Gasteiger partial charge in [0.1, 0.15) is 12.4 Å². The van der Waals surface area contributed by atoms with Crippen LogP contribution in [0, 0.1) is 6.92 Å². The van der Waals surface area contributed by atoms with Crippen LogP contribution in [0.25, 0.3) is 16.5 Å². The van der Waals surface area contributed by atoms with E-state index in [1.165, 1.54) is 0 Å². The number of aromatic nitrogens is 1. The predicted molar refractivity (Wildman–Crippen MR) is 115 cm³/mol. The van der Waals surface area contributed by atoms with Crippen molar-refractivity contribution in [2.75, 3.05) is 0 Å². The van der Waals surface area contributed by atoms with Crippen LogP contribution in [-0.2, 0) is 12.5 Å². The highest BCUT2D eigenvalue weighted by Gasteiger charge is 2.15. The van der Waals surface area contributed by atoms with Gasteiger partial charge in [-0.15, -0.1) is 11.6 Å². The Kier molecular flexibility index (Phi) is 5.18. The number of aryl methyl sites for hydroxylation is 1. The molecule has 0 aliphatic rings. The van der Waals surface area contributed by atoms with Gasteiger partial charge >= 0.3 is 0 Å². The summed E-state index contributed by atoms with van der Waals surface area (Å²) in [5.41, 5.74) is 3.36. The van der Waals surface area contributed by atoms with E-state index in [2.05, 4.69) is 0 Å². The third-order valence-electron chi connectivity index (χ3n) is 4.81. The highest BCUT2D eigenvalue weighted by molar-refractivity contribution is 6.17. The van der Waals surface area contributed by atoms with E-state index in [4.69, 9.17) is 16.3 Å². The molecule has 0 aliphatic carbocycles. The molecule has 0 bridgehead atoms. The molecule has 4 heteroatoms. The summed E-state index contributed by atoms with van der Waals surface area (Å²) in [5.74, 6) is 0.874. The van der Waals surface area contributed by atoms with Crippen LogP contribution in [0.4, 0.5) is 0 Å². The summed E-state index contributed by atoms with van der Waals surface area (Å²) in [7, 11) is 0. The Balaban J connectivity index is 1.85. The fourth-order valence-corrected chi connectivity index (χ4v) is 3.65. The zero-order valence-corrected chi connectivity index (χ0v) is 16.3. The molecule has 1 heterocycles. The Hall–Kier alpha value is -3.04. The van der Waals surface area contributed by atoms with Crippen molar-refractivity contribution >= 4 is 22.4 Å². The number of rotatable bonds is 5. The lowest BCUT2D eigenvalue weighted by Gasteiger charge is -2.17. The molecule has 0 spiro atoms. The van der Waals surface area contributed by atoms with E-state index in [9.17, 15) is 4.79 Å². The van der Waals surface area contributed by atoms with Gasteiger partial charge in [0, 0.05) is 5.69 Å². The first-order valence-electron chi connectivity index (χ1n) is 9.15. The number of benzene rings is 3. The fourth-order valence-electron chi connectivity index (χ4n) is 3.45. The number of ether oxygens (including phenoxy) is 1. The second-order valence-corrected chi connectivity index (χ2v) is 6.96. The van der Waals surface area contributed by atoms with E-state index in [0.29, 0.717) is 23.4 Å². The topological polar surface area (TPSA) is 31.2 Å². The first-order chi connectivity index (χ1) is 13.7. The molecule has 4 rings (SSSR count). The van der Waals surface area contributed by atoms with Crippen LogP contribution >= 0.6 is 11.6 Å². The smallest absolute Gasteiger partial charge is 0.263 e. The third-order valence-corrected chi connectivity index (χ3v) is 5.09. The van der Waals surface area contributed by atoms with Crippen LogP contribution in [0.1, 0.15) is 16.8 Å². The molecule has 0 unspecified atom stereocenters. The molecule has 3 nitrogen and oxygen atoms in total. The summed E-state index contributed by atoms with van der Waals surface area (Å²) < 4.78 is 7.74. The largest absolute Gasteiger partial charge is 0.487 e. The van der Waals surface area contributed by atoms with Crippen LogP contribution in [-0.4, -0.2) is 4.57 Å². The molecule has 0 radical (unpaired) electrons. The lowest BCUT2D eigenvalue weighted by Crippen LogP contribution is -2.23. The normalized spacial score (nSPS) is 10.9. The molecule has 1 aromatic heterocycles.